The molecule has 156 valence electrons. The Morgan fingerprint density at radius 1 is 1.00 bits per heavy atom. The topological polar surface area (TPSA) is 84.9 Å². The second-order valence-corrected chi connectivity index (χ2v) is 8.31. The van der Waals surface area contributed by atoms with Gasteiger partial charge in [0.1, 0.15) is 0 Å². The van der Waals surface area contributed by atoms with Crippen LogP contribution in [0.1, 0.15) is 37.0 Å². The first kappa shape index (κ1) is 21.0. The normalized spacial score (nSPS) is 13.9. The van der Waals surface area contributed by atoms with Crippen molar-refractivity contribution >= 4 is 21.6 Å². The first-order chi connectivity index (χ1) is 14.0. The average molecular weight is 419 g/mol. The predicted molar refractivity (Wildman–Crippen MR) is 111 cm³/mol. The van der Waals surface area contributed by atoms with E-state index in [1.165, 1.54) is 12.1 Å². The summed E-state index contributed by atoms with van der Waals surface area (Å²) in [7, 11) is -3.92. The van der Waals surface area contributed by atoms with E-state index in [9.17, 15) is 13.2 Å². The lowest BCUT2D eigenvalue weighted by Gasteiger charge is -2.18. The number of nitrogens with zero attached hydrogens (tertiary/aromatic N) is 1. The van der Waals surface area contributed by atoms with E-state index >= 15 is 0 Å². The van der Waals surface area contributed by atoms with Crippen LogP contribution in [0.2, 0.25) is 0 Å². The number of carbonyl (C=O) groups is 1. The van der Waals surface area contributed by atoms with Gasteiger partial charge in [-0.05, 0) is 51.0 Å². The van der Waals surface area contributed by atoms with Crippen molar-refractivity contribution in [3.63, 3.8) is 0 Å². The van der Waals surface area contributed by atoms with Crippen LogP contribution >= 0.6 is 0 Å². The molecule has 1 N–H and O–H groups in total. The van der Waals surface area contributed by atoms with Gasteiger partial charge in [-0.1, -0.05) is 12.1 Å². The van der Waals surface area contributed by atoms with Crippen molar-refractivity contribution in [2.75, 3.05) is 31.0 Å². The Kier molecular flexibility index (Phi) is 6.64. The first-order valence-electron chi connectivity index (χ1n) is 9.77. The van der Waals surface area contributed by atoms with Gasteiger partial charge in [-0.25, -0.2) is 8.42 Å². The highest BCUT2D eigenvalue weighted by atomic mass is 32.2. The van der Waals surface area contributed by atoms with Crippen molar-refractivity contribution in [1.29, 1.82) is 0 Å². The molecule has 2 aromatic rings. The third-order valence-electron chi connectivity index (χ3n) is 4.62. The second kappa shape index (κ2) is 9.17. The summed E-state index contributed by atoms with van der Waals surface area (Å²) >= 11 is 0. The summed E-state index contributed by atoms with van der Waals surface area (Å²) in [5.74, 6) is 0.680. The highest BCUT2D eigenvalue weighted by Crippen LogP contribution is 2.31. The van der Waals surface area contributed by atoms with Gasteiger partial charge in [-0.3, -0.25) is 9.52 Å². The molecule has 0 atom stereocenters. The number of para-hydroxylation sites is 1. The number of sulfonamides is 1. The minimum absolute atomic E-state index is 0.0350. The van der Waals surface area contributed by atoms with Gasteiger partial charge in [0.2, 0.25) is 0 Å². The van der Waals surface area contributed by atoms with E-state index in [0.29, 0.717) is 43.4 Å². The fraction of sp³-hybridized carbons (Fsp3) is 0.381. The number of anilines is 1. The van der Waals surface area contributed by atoms with Crippen molar-refractivity contribution in [3.05, 3.63) is 48.0 Å². The standard InChI is InChI=1S/C21H26N2O5S/c1-3-27-19-12-11-16(15-20(19)28-4-2)29(25,26)22-18-10-6-5-9-17(18)21(24)23-13-7-8-14-23/h5-6,9-12,15,22H,3-4,7-8,13-14H2,1-2H3. The quantitative estimate of drug-likeness (QED) is 0.709. The summed E-state index contributed by atoms with van der Waals surface area (Å²) in [6.07, 6.45) is 1.93. The number of amides is 1. The Bertz CT molecular complexity index is 969. The molecule has 0 saturated carbocycles. The average Bonchev–Trinajstić information content (AvgIpc) is 3.24. The molecule has 0 unspecified atom stereocenters. The van der Waals surface area contributed by atoms with Crippen molar-refractivity contribution < 1.29 is 22.7 Å². The summed E-state index contributed by atoms with van der Waals surface area (Å²) in [6, 6.07) is 11.1. The fourth-order valence-electron chi connectivity index (χ4n) is 3.25. The van der Waals surface area contributed by atoms with Crippen LogP contribution in [0.4, 0.5) is 5.69 Å². The highest BCUT2D eigenvalue weighted by Gasteiger charge is 2.24. The molecule has 1 saturated heterocycles. The van der Waals surface area contributed by atoms with Crippen LogP contribution in [-0.4, -0.2) is 45.5 Å². The number of hydrogen-bond acceptors (Lipinski definition) is 5. The van der Waals surface area contributed by atoms with E-state index < -0.39 is 10.0 Å². The maximum absolute atomic E-state index is 13.0. The zero-order valence-electron chi connectivity index (χ0n) is 16.7. The third kappa shape index (κ3) is 4.82. The minimum atomic E-state index is -3.92. The summed E-state index contributed by atoms with van der Waals surface area (Å²) in [6.45, 7) is 5.86. The second-order valence-electron chi connectivity index (χ2n) is 6.62. The lowest BCUT2D eigenvalue weighted by atomic mass is 10.1. The van der Waals surface area contributed by atoms with Crippen molar-refractivity contribution in [3.8, 4) is 11.5 Å². The molecule has 1 aliphatic rings. The number of rotatable bonds is 8. The summed E-state index contributed by atoms with van der Waals surface area (Å²) in [5.41, 5.74) is 0.602. The molecular formula is C21H26N2O5S. The Morgan fingerprint density at radius 2 is 1.66 bits per heavy atom. The molecule has 29 heavy (non-hydrogen) atoms. The Hall–Kier alpha value is -2.74. The molecule has 3 rings (SSSR count). The number of ether oxygens (including phenoxy) is 2. The lowest BCUT2D eigenvalue weighted by molar-refractivity contribution is 0.0794. The monoisotopic (exact) mass is 418 g/mol. The third-order valence-corrected chi connectivity index (χ3v) is 5.98. The van der Waals surface area contributed by atoms with Gasteiger partial charge in [-0.15, -0.1) is 0 Å². The molecule has 0 spiro atoms. The zero-order valence-corrected chi connectivity index (χ0v) is 17.5. The Balaban J connectivity index is 1.90. The van der Waals surface area contributed by atoms with E-state index in [-0.39, 0.29) is 16.5 Å². The summed E-state index contributed by atoms with van der Waals surface area (Å²) in [5, 5.41) is 0. The molecule has 7 nitrogen and oxygen atoms in total. The van der Waals surface area contributed by atoms with Crippen LogP contribution in [0.15, 0.2) is 47.4 Å². The highest BCUT2D eigenvalue weighted by molar-refractivity contribution is 7.92. The van der Waals surface area contributed by atoms with Crippen LogP contribution in [0.3, 0.4) is 0 Å². The minimum Gasteiger partial charge on any atom is -0.490 e. The molecule has 1 heterocycles. The lowest BCUT2D eigenvalue weighted by Crippen LogP contribution is -2.28. The van der Waals surface area contributed by atoms with Gasteiger partial charge in [0, 0.05) is 19.2 Å². The van der Waals surface area contributed by atoms with Crippen LogP contribution in [0.25, 0.3) is 0 Å². The van der Waals surface area contributed by atoms with Crippen molar-refractivity contribution in [2.45, 2.75) is 31.6 Å². The molecule has 0 radical (unpaired) electrons. The van der Waals surface area contributed by atoms with Crippen LogP contribution in [0, 0.1) is 0 Å². The number of nitrogens with one attached hydrogen (secondary N) is 1. The summed E-state index contributed by atoms with van der Waals surface area (Å²) in [4.78, 5) is 14.6. The van der Waals surface area contributed by atoms with Crippen molar-refractivity contribution in [1.82, 2.24) is 4.90 Å². The molecule has 1 aliphatic heterocycles. The van der Waals surface area contributed by atoms with Gasteiger partial charge >= 0.3 is 0 Å². The van der Waals surface area contributed by atoms with E-state index in [1.54, 1.807) is 35.2 Å². The van der Waals surface area contributed by atoms with E-state index in [4.69, 9.17) is 9.47 Å². The van der Waals surface area contributed by atoms with Crippen molar-refractivity contribution in [2.24, 2.45) is 0 Å². The van der Waals surface area contributed by atoms with Crippen LogP contribution in [0.5, 0.6) is 11.5 Å². The fourth-order valence-corrected chi connectivity index (χ4v) is 4.35. The molecule has 1 fully saturated rings. The van der Waals surface area contributed by atoms with E-state index in [2.05, 4.69) is 4.72 Å². The molecular weight excluding hydrogens is 392 g/mol. The van der Waals surface area contributed by atoms with Crippen LogP contribution in [-0.2, 0) is 10.0 Å². The Morgan fingerprint density at radius 3 is 2.34 bits per heavy atom. The number of hydrogen-bond donors (Lipinski definition) is 1. The molecule has 1 amide bonds. The number of carbonyl (C=O) groups excluding carboxylic acids is 1. The molecule has 0 bridgehead atoms. The van der Waals surface area contributed by atoms with Gasteiger partial charge < -0.3 is 14.4 Å². The van der Waals surface area contributed by atoms with E-state index in [1.807, 2.05) is 13.8 Å². The zero-order chi connectivity index (χ0) is 20.9. The molecule has 2 aromatic carbocycles. The van der Waals surface area contributed by atoms with Gasteiger partial charge in [0.05, 0.1) is 29.4 Å². The predicted octanol–water partition coefficient (Wildman–Crippen LogP) is 3.52. The number of benzene rings is 2. The first-order valence-corrected chi connectivity index (χ1v) is 11.3. The van der Waals surface area contributed by atoms with Gasteiger partial charge in [-0.2, -0.15) is 0 Å². The Labute approximate surface area is 171 Å². The SMILES string of the molecule is CCOc1ccc(S(=O)(=O)Nc2ccccc2C(=O)N2CCCC2)cc1OCC. The maximum atomic E-state index is 13.0. The largest absolute Gasteiger partial charge is 0.490 e. The van der Waals surface area contributed by atoms with Gasteiger partial charge in [0.15, 0.2) is 11.5 Å². The smallest absolute Gasteiger partial charge is 0.262 e. The summed E-state index contributed by atoms with van der Waals surface area (Å²) < 4.78 is 39.6. The molecule has 8 heteroatoms. The van der Waals surface area contributed by atoms with Crippen LogP contribution < -0.4 is 14.2 Å². The number of likely N-dealkylation sites (tertiary alicyclic amines) is 1. The maximum Gasteiger partial charge on any atom is 0.262 e. The molecule has 0 aliphatic carbocycles. The van der Waals surface area contributed by atoms with E-state index in [0.717, 1.165) is 12.8 Å². The molecule has 0 aromatic heterocycles. The van der Waals surface area contributed by atoms with Gasteiger partial charge in [0.25, 0.3) is 15.9 Å².